The molecule has 2 heterocycles. The molecule has 38 heavy (non-hydrogen) atoms. The van der Waals surface area contributed by atoms with Gasteiger partial charge in [0.05, 0.1) is 16.7 Å². The summed E-state index contributed by atoms with van der Waals surface area (Å²) in [5, 5.41) is 4.81. The van der Waals surface area contributed by atoms with E-state index in [9.17, 15) is 4.79 Å². The van der Waals surface area contributed by atoms with E-state index in [2.05, 4.69) is 91.0 Å². The quantitative estimate of drug-likeness (QED) is 0.239. The van der Waals surface area contributed by atoms with Gasteiger partial charge in [0, 0.05) is 25.9 Å². The Morgan fingerprint density at radius 1 is 0.526 bits per heavy atom. The van der Waals surface area contributed by atoms with Crippen LogP contribution in [-0.2, 0) is 14.1 Å². The number of fused-ring (bicyclic) bond motifs is 3. The predicted molar refractivity (Wildman–Crippen MR) is 157 cm³/mol. The van der Waals surface area contributed by atoms with Gasteiger partial charge in [-0.2, -0.15) is 0 Å². The topological polar surface area (TPSA) is 39.8 Å². The first kappa shape index (κ1) is 22.3. The van der Waals surface area contributed by atoms with Gasteiger partial charge in [-0.3, -0.25) is 14.1 Å². The van der Waals surface area contributed by atoms with E-state index in [1.54, 1.807) is 9.13 Å². The van der Waals surface area contributed by atoms with Gasteiger partial charge in [-0.25, -0.2) is 4.79 Å². The van der Waals surface area contributed by atoms with Crippen LogP contribution in [0.2, 0.25) is 0 Å². The number of imidazole rings is 1. The van der Waals surface area contributed by atoms with Crippen LogP contribution >= 0.6 is 0 Å². The lowest BCUT2D eigenvalue weighted by Gasteiger charge is -2.17. The van der Waals surface area contributed by atoms with E-state index in [1.807, 2.05) is 38.5 Å². The largest absolute Gasteiger partial charge is 0.328 e. The summed E-state index contributed by atoms with van der Waals surface area (Å²) in [7, 11) is 3.63. The molecule has 2 aromatic heterocycles. The molecule has 0 unspecified atom stereocenters. The average molecular weight is 492 g/mol. The van der Waals surface area contributed by atoms with Crippen molar-refractivity contribution in [3.63, 3.8) is 0 Å². The zero-order valence-electron chi connectivity index (χ0n) is 21.2. The van der Waals surface area contributed by atoms with E-state index >= 15 is 0 Å². The van der Waals surface area contributed by atoms with Crippen LogP contribution < -0.4 is 5.69 Å². The molecule has 7 rings (SSSR count). The molecule has 5 aromatic carbocycles. The van der Waals surface area contributed by atoms with Gasteiger partial charge < -0.3 is 0 Å². The zero-order chi connectivity index (χ0) is 25.8. The Labute approximate surface area is 220 Å². The molecule has 0 aliphatic carbocycles. The van der Waals surface area contributed by atoms with Crippen molar-refractivity contribution >= 4 is 32.6 Å². The summed E-state index contributed by atoms with van der Waals surface area (Å²) < 4.78 is 3.39. The molecule has 0 saturated heterocycles. The number of hydrogen-bond donors (Lipinski definition) is 0. The molecular formula is C34H25N3O. The molecule has 4 heteroatoms. The molecule has 182 valence electrons. The van der Waals surface area contributed by atoms with E-state index in [0.717, 1.165) is 27.9 Å². The van der Waals surface area contributed by atoms with Crippen LogP contribution in [0, 0.1) is 0 Å². The Morgan fingerprint density at radius 2 is 1.05 bits per heavy atom. The summed E-state index contributed by atoms with van der Waals surface area (Å²) in [5.41, 5.74) is 8.60. The van der Waals surface area contributed by atoms with Gasteiger partial charge in [0.15, 0.2) is 0 Å². The van der Waals surface area contributed by atoms with E-state index in [1.165, 1.54) is 38.2 Å². The van der Waals surface area contributed by atoms with Crippen LogP contribution in [0.3, 0.4) is 0 Å². The van der Waals surface area contributed by atoms with Crippen molar-refractivity contribution in [2.45, 2.75) is 0 Å². The van der Waals surface area contributed by atoms with Gasteiger partial charge in [0.2, 0.25) is 0 Å². The third-order valence-corrected chi connectivity index (χ3v) is 7.63. The molecule has 0 atom stereocenters. The molecule has 0 aliphatic heterocycles. The Kier molecular flexibility index (Phi) is 5.02. The maximum absolute atomic E-state index is 12.4. The van der Waals surface area contributed by atoms with Gasteiger partial charge in [-0.1, -0.05) is 84.9 Å². The smallest absolute Gasteiger partial charge is 0.295 e. The minimum atomic E-state index is -0.0135. The molecule has 0 spiro atoms. The molecule has 7 aromatic rings. The van der Waals surface area contributed by atoms with Crippen LogP contribution in [0.5, 0.6) is 0 Å². The SMILES string of the molecule is Cn1c(=O)n(C)c2cc(-c3ccc(-c4c5ccccc5c(-c5ccccn5)c5ccccc45)cc3)ccc21. The van der Waals surface area contributed by atoms with Crippen molar-refractivity contribution in [3.05, 3.63) is 126 Å². The van der Waals surface area contributed by atoms with Gasteiger partial charge in [-0.05, 0) is 68.1 Å². The highest BCUT2D eigenvalue weighted by Crippen LogP contribution is 2.43. The normalized spacial score (nSPS) is 11.5. The fraction of sp³-hybridized carbons (Fsp3) is 0.0588. The summed E-state index contributed by atoms with van der Waals surface area (Å²) >= 11 is 0. The Bertz CT molecular complexity index is 1990. The first-order valence-corrected chi connectivity index (χ1v) is 12.7. The van der Waals surface area contributed by atoms with E-state index in [0.29, 0.717) is 0 Å². The maximum atomic E-state index is 12.4. The lowest BCUT2D eigenvalue weighted by molar-refractivity contribution is 0.795. The van der Waals surface area contributed by atoms with Crippen molar-refractivity contribution < 1.29 is 0 Å². The van der Waals surface area contributed by atoms with Gasteiger partial charge >= 0.3 is 5.69 Å². The van der Waals surface area contributed by atoms with Crippen molar-refractivity contribution in [1.29, 1.82) is 0 Å². The van der Waals surface area contributed by atoms with Crippen molar-refractivity contribution in [2.75, 3.05) is 0 Å². The second-order valence-electron chi connectivity index (χ2n) is 9.74. The minimum absolute atomic E-state index is 0.0135. The molecular weight excluding hydrogens is 466 g/mol. The van der Waals surface area contributed by atoms with Crippen molar-refractivity contribution in [2.24, 2.45) is 14.1 Å². The number of aromatic nitrogens is 3. The summed E-state index contributed by atoms with van der Waals surface area (Å²) in [6.07, 6.45) is 1.86. The average Bonchev–Trinajstić information content (AvgIpc) is 3.19. The first-order chi connectivity index (χ1) is 18.6. The van der Waals surface area contributed by atoms with Gasteiger partial charge in [0.25, 0.3) is 0 Å². The molecule has 0 fully saturated rings. The maximum Gasteiger partial charge on any atom is 0.328 e. The number of hydrogen-bond acceptors (Lipinski definition) is 2. The van der Waals surface area contributed by atoms with E-state index in [4.69, 9.17) is 4.98 Å². The number of nitrogens with zero attached hydrogens (tertiary/aromatic N) is 3. The third-order valence-electron chi connectivity index (χ3n) is 7.63. The van der Waals surface area contributed by atoms with Crippen LogP contribution in [0.4, 0.5) is 0 Å². The number of benzene rings is 5. The molecule has 0 aliphatic rings. The summed E-state index contributed by atoms with van der Waals surface area (Å²) in [6, 6.07) is 38.3. The van der Waals surface area contributed by atoms with Crippen molar-refractivity contribution in [3.8, 4) is 33.5 Å². The Morgan fingerprint density at radius 3 is 1.66 bits per heavy atom. The predicted octanol–water partition coefficient (Wildman–Crippen LogP) is 7.58. The van der Waals surface area contributed by atoms with E-state index < -0.39 is 0 Å². The number of rotatable bonds is 3. The molecule has 0 radical (unpaired) electrons. The number of aryl methyl sites for hydroxylation is 2. The monoisotopic (exact) mass is 491 g/mol. The van der Waals surface area contributed by atoms with E-state index in [-0.39, 0.29) is 5.69 Å². The zero-order valence-corrected chi connectivity index (χ0v) is 21.2. The lowest BCUT2D eigenvalue weighted by atomic mass is 9.87. The van der Waals surface area contributed by atoms with Crippen molar-refractivity contribution in [1.82, 2.24) is 14.1 Å². The standard InChI is InChI=1S/C34H25N3O/c1-36-30-19-18-24(21-31(30)37(2)34(36)38)22-14-16-23(17-15-22)32-25-9-3-5-11-27(25)33(29-13-7-8-20-35-29)28-12-6-4-10-26(28)32/h3-21H,1-2H3. The first-order valence-electron chi connectivity index (χ1n) is 12.7. The highest BCUT2D eigenvalue weighted by atomic mass is 16.1. The molecule has 0 amide bonds. The second-order valence-corrected chi connectivity index (χ2v) is 9.74. The Hall–Kier alpha value is -4.96. The molecule has 0 bridgehead atoms. The number of pyridine rings is 1. The highest BCUT2D eigenvalue weighted by Gasteiger charge is 2.17. The van der Waals surface area contributed by atoms with Gasteiger partial charge in [-0.15, -0.1) is 0 Å². The lowest BCUT2D eigenvalue weighted by Crippen LogP contribution is -2.19. The molecule has 0 N–H and O–H groups in total. The highest BCUT2D eigenvalue weighted by molar-refractivity contribution is 6.21. The Balaban J connectivity index is 1.43. The fourth-order valence-electron chi connectivity index (χ4n) is 5.74. The molecule has 4 nitrogen and oxygen atoms in total. The second kappa shape index (κ2) is 8.56. The summed E-state index contributed by atoms with van der Waals surface area (Å²) in [4.78, 5) is 17.1. The van der Waals surface area contributed by atoms with Crippen LogP contribution in [-0.4, -0.2) is 14.1 Å². The summed E-state index contributed by atoms with van der Waals surface area (Å²) in [5.74, 6) is 0. The van der Waals surface area contributed by atoms with Gasteiger partial charge in [0.1, 0.15) is 0 Å². The van der Waals surface area contributed by atoms with Crippen LogP contribution in [0.15, 0.2) is 120 Å². The van der Waals surface area contributed by atoms with Crippen LogP contribution in [0.25, 0.3) is 66.1 Å². The fourth-order valence-corrected chi connectivity index (χ4v) is 5.74. The minimum Gasteiger partial charge on any atom is -0.295 e. The molecule has 0 saturated carbocycles. The van der Waals surface area contributed by atoms with Crippen LogP contribution in [0.1, 0.15) is 0 Å². The summed E-state index contributed by atoms with van der Waals surface area (Å²) in [6.45, 7) is 0. The third kappa shape index (κ3) is 3.31.